The van der Waals surface area contributed by atoms with Crippen LogP contribution in [0.3, 0.4) is 0 Å². The molecule has 0 aliphatic heterocycles. The van der Waals surface area contributed by atoms with E-state index < -0.39 is 0 Å². The average Bonchev–Trinajstić information content (AvgIpc) is 2.43. The molecule has 0 unspecified atom stereocenters. The first kappa shape index (κ1) is 17.2. The van der Waals surface area contributed by atoms with Gasteiger partial charge >= 0.3 is 0 Å². The third kappa shape index (κ3) is 4.69. The third-order valence-corrected chi connectivity index (χ3v) is 5.95. The van der Waals surface area contributed by atoms with Crippen molar-refractivity contribution in [3.8, 4) is 0 Å². The lowest BCUT2D eigenvalue weighted by atomic mass is 9.49. The van der Waals surface area contributed by atoms with Gasteiger partial charge < -0.3 is 14.8 Å². The average molecular weight is 323 g/mol. The highest BCUT2D eigenvalue weighted by atomic mass is 16.5. The van der Waals surface area contributed by atoms with Gasteiger partial charge in [-0.05, 0) is 75.5 Å². The standard InChI is InChI=1S/C19H33NO3/c1-14(2)23-6-5-22-4-3-20-18(21)13-19-10-15-7-16(11-19)9-17(8-15)12-19/h14-17H,3-13H2,1-2H3,(H,20,21). The predicted octanol–water partition coefficient (Wildman–Crippen LogP) is 3.15. The van der Waals surface area contributed by atoms with E-state index in [9.17, 15) is 4.79 Å². The highest BCUT2D eigenvalue weighted by Gasteiger charge is 2.51. The lowest BCUT2D eigenvalue weighted by molar-refractivity contribution is -0.129. The van der Waals surface area contributed by atoms with Gasteiger partial charge in [0.2, 0.25) is 5.91 Å². The summed E-state index contributed by atoms with van der Waals surface area (Å²) in [5.41, 5.74) is 0.338. The number of nitrogens with one attached hydrogen (secondary N) is 1. The summed E-state index contributed by atoms with van der Waals surface area (Å²) in [6, 6.07) is 0. The second-order valence-corrected chi connectivity index (χ2v) is 8.48. The summed E-state index contributed by atoms with van der Waals surface area (Å²) in [5.74, 6) is 2.98. The Labute approximate surface area is 140 Å². The van der Waals surface area contributed by atoms with E-state index in [0.29, 0.717) is 31.8 Å². The van der Waals surface area contributed by atoms with E-state index in [4.69, 9.17) is 9.47 Å². The molecule has 0 saturated heterocycles. The molecule has 0 aromatic carbocycles. The molecular weight excluding hydrogens is 290 g/mol. The van der Waals surface area contributed by atoms with Gasteiger partial charge in [0, 0.05) is 13.0 Å². The lowest BCUT2D eigenvalue weighted by Gasteiger charge is -2.56. The summed E-state index contributed by atoms with van der Waals surface area (Å²) in [4.78, 5) is 12.3. The fourth-order valence-electron chi connectivity index (χ4n) is 5.62. The number of amides is 1. The normalized spacial score (nSPS) is 35.0. The van der Waals surface area contributed by atoms with E-state index in [1.165, 1.54) is 38.5 Å². The first-order valence-electron chi connectivity index (χ1n) is 9.51. The van der Waals surface area contributed by atoms with Crippen molar-refractivity contribution in [3.05, 3.63) is 0 Å². The maximum atomic E-state index is 12.3. The fraction of sp³-hybridized carbons (Fsp3) is 0.947. The van der Waals surface area contributed by atoms with Gasteiger partial charge in [0.05, 0.1) is 25.9 Å². The Morgan fingerprint density at radius 1 is 1.04 bits per heavy atom. The van der Waals surface area contributed by atoms with E-state index >= 15 is 0 Å². The van der Waals surface area contributed by atoms with Gasteiger partial charge in [-0.2, -0.15) is 0 Å². The van der Waals surface area contributed by atoms with Crippen LogP contribution in [0.2, 0.25) is 0 Å². The molecule has 4 rings (SSSR count). The van der Waals surface area contributed by atoms with Gasteiger partial charge in [-0.25, -0.2) is 0 Å². The van der Waals surface area contributed by atoms with Crippen molar-refractivity contribution >= 4 is 5.91 Å². The number of ether oxygens (including phenoxy) is 2. The zero-order chi connectivity index (χ0) is 16.3. The Balaban J connectivity index is 1.31. The molecule has 4 fully saturated rings. The van der Waals surface area contributed by atoms with E-state index in [1.807, 2.05) is 13.8 Å². The maximum Gasteiger partial charge on any atom is 0.220 e. The van der Waals surface area contributed by atoms with Crippen molar-refractivity contribution in [2.75, 3.05) is 26.4 Å². The maximum absolute atomic E-state index is 12.3. The van der Waals surface area contributed by atoms with Crippen molar-refractivity contribution in [2.24, 2.45) is 23.2 Å². The van der Waals surface area contributed by atoms with Crippen LogP contribution in [0.1, 0.15) is 58.8 Å². The van der Waals surface area contributed by atoms with Crippen molar-refractivity contribution < 1.29 is 14.3 Å². The SMILES string of the molecule is CC(C)OCCOCCNC(=O)CC12CC3CC(CC(C3)C1)C2. The van der Waals surface area contributed by atoms with Crippen LogP contribution in [-0.2, 0) is 14.3 Å². The van der Waals surface area contributed by atoms with E-state index in [0.717, 1.165) is 24.2 Å². The minimum Gasteiger partial charge on any atom is -0.377 e. The van der Waals surface area contributed by atoms with Crippen LogP contribution < -0.4 is 5.32 Å². The Bertz CT molecular complexity index is 372. The Morgan fingerprint density at radius 2 is 1.65 bits per heavy atom. The quantitative estimate of drug-likeness (QED) is 0.663. The van der Waals surface area contributed by atoms with Crippen LogP contribution in [0.25, 0.3) is 0 Å². The highest BCUT2D eigenvalue weighted by Crippen LogP contribution is 2.61. The molecule has 4 aliphatic rings. The molecule has 0 aromatic heterocycles. The second kappa shape index (κ2) is 7.52. The minimum absolute atomic E-state index is 0.231. The molecule has 0 spiro atoms. The molecule has 23 heavy (non-hydrogen) atoms. The van der Waals surface area contributed by atoms with E-state index in [-0.39, 0.29) is 12.0 Å². The molecule has 4 aliphatic carbocycles. The smallest absolute Gasteiger partial charge is 0.220 e. The summed E-state index contributed by atoms with van der Waals surface area (Å²) in [6.45, 7) is 6.46. The molecule has 1 N–H and O–H groups in total. The van der Waals surface area contributed by atoms with Crippen molar-refractivity contribution in [1.29, 1.82) is 0 Å². The monoisotopic (exact) mass is 323 g/mol. The van der Waals surface area contributed by atoms with Crippen molar-refractivity contribution in [2.45, 2.75) is 64.9 Å². The first-order chi connectivity index (χ1) is 11.0. The molecule has 0 atom stereocenters. The highest BCUT2D eigenvalue weighted by molar-refractivity contribution is 5.76. The summed E-state index contributed by atoms with van der Waals surface area (Å²) in [6.07, 6.45) is 9.21. The number of hydrogen-bond acceptors (Lipinski definition) is 3. The number of carbonyl (C=O) groups excluding carboxylic acids is 1. The Kier molecular flexibility index (Phi) is 5.63. The molecule has 1 amide bonds. The first-order valence-corrected chi connectivity index (χ1v) is 9.51. The van der Waals surface area contributed by atoms with Gasteiger partial charge in [0.15, 0.2) is 0 Å². The van der Waals surface area contributed by atoms with E-state index in [2.05, 4.69) is 5.32 Å². The molecule has 0 aromatic rings. The van der Waals surface area contributed by atoms with Gasteiger partial charge in [-0.1, -0.05) is 0 Å². The van der Waals surface area contributed by atoms with Crippen LogP contribution in [0.5, 0.6) is 0 Å². The fourth-order valence-corrected chi connectivity index (χ4v) is 5.62. The molecule has 132 valence electrons. The van der Waals surface area contributed by atoms with Gasteiger partial charge in [-0.15, -0.1) is 0 Å². The summed E-state index contributed by atoms with van der Waals surface area (Å²) >= 11 is 0. The van der Waals surface area contributed by atoms with Crippen LogP contribution in [-0.4, -0.2) is 38.4 Å². The van der Waals surface area contributed by atoms with Crippen LogP contribution in [0, 0.1) is 23.2 Å². The zero-order valence-corrected chi connectivity index (χ0v) is 14.8. The summed E-state index contributed by atoms with van der Waals surface area (Å²) in [7, 11) is 0. The zero-order valence-electron chi connectivity index (χ0n) is 14.8. The largest absolute Gasteiger partial charge is 0.377 e. The van der Waals surface area contributed by atoms with Crippen LogP contribution in [0.4, 0.5) is 0 Å². The van der Waals surface area contributed by atoms with E-state index in [1.54, 1.807) is 0 Å². The van der Waals surface area contributed by atoms with Crippen molar-refractivity contribution in [1.82, 2.24) is 5.32 Å². The minimum atomic E-state index is 0.231. The van der Waals surface area contributed by atoms with Crippen LogP contribution in [0.15, 0.2) is 0 Å². The Hall–Kier alpha value is -0.610. The van der Waals surface area contributed by atoms with Gasteiger partial charge in [0.1, 0.15) is 0 Å². The number of rotatable bonds is 9. The molecule has 0 heterocycles. The predicted molar refractivity (Wildman–Crippen MR) is 90.1 cm³/mol. The van der Waals surface area contributed by atoms with Crippen molar-refractivity contribution in [3.63, 3.8) is 0 Å². The van der Waals surface area contributed by atoms with Crippen LogP contribution >= 0.6 is 0 Å². The molecule has 4 nitrogen and oxygen atoms in total. The van der Waals surface area contributed by atoms with Gasteiger partial charge in [-0.3, -0.25) is 4.79 Å². The lowest BCUT2D eigenvalue weighted by Crippen LogP contribution is -2.48. The Morgan fingerprint density at radius 3 is 2.22 bits per heavy atom. The molecule has 4 bridgehead atoms. The van der Waals surface area contributed by atoms with Gasteiger partial charge in [0.25, 0.3) is 0 Å². The summed E-state index contributed by atoms with van der Waals surface area (Å²) in [5, 5.41) is 3.05. The third-order valence-electron chi connectivity index (χ3n) is 5.95. The molecular formula is C19H33NO3. The number of carbonyl (C=O) groups is 1. The second-order valence-electron chi connectivity index (χ2n) is 8.48. The molecule has 0 radical (unpaired) electrons. The number of hydrogen-bond donors (Lipinski definition) is 1. The molecule has 4 saturated carbocycles. The summed E-state index contributed by atoms with van der Waals surface area (Å²) < 4.78 is 10.9. The molecule has 4 heteroatoms. The topological polar surface area (TPSA) is 47.6 Å².